The number of ether oxygens (including phenoxy) is 1. The molecule has 0 fully saturated rings. The van der Waals surface area contributed by atoms with Crippen molar-refractivity contribution in [1.82, 2.24) is 4.98 Å². The number of hydrogen-bond donors (Lipinski definition) is 1. The van der Waals surface area contributed by atoms with Crippen LogP contribution in [0, 0.1) is 16.9 Å². The molecule has 33 heavy (non-hydrogen) atoms. The Morgan fingerprint density at radius 3 is 2.24 bits per heavy atom. The van der Waals surface area contributed by atoms with Crippen LogP contribution in [0.3, 0.4) is 0 Å². The average Bonchev–Trinajstić information content (AvgIpc) is 2.80. The van der Waals surface area contributed by atoms with Crippen LogP contribution in [0.15, 0.2) is 72.6 Å². The van der Waals surface area contributed by atoms with Gasteiger partial charge in [0.05, 0.1) is 0 Å². The van der Waals surface area contributed by atoms with Crippen molar-refractivity contribution in [1.29, 1.82) is 0 Å². The number of fused-ring (bicyclic) bond motifs is 1. The number of nitrogens with zero attached hydrogens (tertiary/aromatic N) is 1. The van der Waals surface area contributed by atoms with Crippen LogP contribution in [0.2, 0.25) is 0 Å². The summed E-state index contributed by atoms with van der Waals surface area (Å²) in [5.74, 6) is 1.49. The Hall–Kier alpha value is -2.49. The van der Waals surface area contributed by atoms with Crippen molar-refractivity contribution in [2.24, 2.45) is 10.8 Å². The summed E-state index contributed by atoms with van der Waals surface area (Å²) in [5, 5.41) is 12.0. The van der Waals surface area contributed by atoms with Gasteiger partial charge < -0.3 is 9.84 Å². The van der Waals surface area contributed by atoms with E-state index in [1.807, 2.05) is 96.1 Å². The molecule has 0 spiro atoms. The summed E-state index contributed by atoms with van der Waals surface area (Å²) in [5.41, 5.74) is -0.683. The number of pyridine rings is 1. The first-order valence-corrected chi connectivity index (χ1v) is 11.0. The summed E-state index contributed by atoms with van der Waals surface area (Å²) < 4.78 is 5.72. The summed E-state index contributed by atoms with van der Waals surface area (Å²) in [7, 11) is 0. The van der Waals surface area contributed by atoms with Crippen LogP contribution in [0.25, 0.3) is 10.8 Å². The molecule has 0 atom stereocenters. The zero-order valence-electron chi connectivity index (χ0n) is 20.3. The molecule has 1 radical (unpaired) electrons. The molecule has 3 aromatic rings. The average molecular weight is 625 g/mol. The number of rotatable bonds is 7. The minimum Gasteiger partial charge on any atom is -0.512 e. The standard InChI is InChI=1S/C15H10NO.C13H24O2.Ir/c1-2-7-13(8-3-1)17-15-14-9-5-4-6-12(14)10-11-16-15;1-7-12(3,4)10(14)9-11(15)13(5,6)8-2;/h1-7,9-11H;9,14H,7-8H2,1-6H3;/q-1;;/b;10-9-;. The van der Waals surface area contributed by atoms with E-state index < -0.39 is 0 Å². The Bertz CT molecular complexity index is 1050. The summed E-state index contributed by atoms with van der Waals surface area (Å²) in [6.07, 6.45) is 4.74. The molecule has 0 saturated heterocycles. The number of carbonyl (C=O) groups excluding carboxylic acids is 1. The maximum Gasteiger partial charge on any atom is 0.224 e. The van der Waals surface area contributed by atoms with Crippen LogP contribution < -0.4 is 4.74 Å². The number of carbonyl (C=O) groups is 1. The molecule has 0 saturated carbocycles. The SMILES string of the molecule is CCC(C)(C)C(=O)/C=C(\O)C(C)(C)CC.[Ir].[c-]1ccccc1Oc1nccc2ccccc12. The molecule has 0 unspecified atom stereocenters. The van der Waals surface area contributed by atoms with E-state index in [0.717, 1.165) is 23.6 Å². The van der Waals surface area contributed by atoms with Crippen molar-refractivity contribution in [3.05, 3.63) is 78.7 Å². The molecule has 0 aliphatic heterocycles. The van der Waals surface area contributed by atoms with Crippen LogP contribution in [0.1, 0.15) is 54.4 Å². The first kappa shape index (κ1) is 28.5. The van der Waals surface area contributed by atoms with E-state index in [4.69, 9.17) is 4.74 Å². The van der Waals surface area contributed by atoms with Crippen molar-refractivity contribution in [2.75, 3.05) is 0 Å². The first-order valence-electron chi connectivity index (χ1n) is 11.0. The number of aliphatic hydroxyl groups excluding tert-OH is 1. The van der Waals surface area contributed by atoms with Gasteiger partial charge in [0, 0.05) is 54.3 Å². The normalized spacial score (nSPS) is 11.8. The van der Waals surface area contributed by atoms with Crippen molar-refractivity contribution in [2.45, 2.75) is 54.4 Å². The number of hydrogen-bond acceptors (Lipinski definition) is 4. The molecule has 0 aliphatic carbocycles. The van der Waals surface area contributed by atoms with Crippen molar-refractivity contribution in [3.8, 4) is 11.6 Å². The maximum absolute atomic E-state index is 11.8. The zero-order valence-corrected chi connectivity index (χ0v) is 22.7. The van der Waals surface area contributed by atoms with E-state index in [1.54, 1.807) is 6.20 Å². The molecular weight excluding hydrogens is 591 g/mol. The summed E-state index contributed by atoms with van der Waals surface area (Å²) >= 11 is 0. The molecule has 0 amide bonds. The fraction of sp³-hybridized carbons (Fsp3) is 0.357. The minimum atomic E-state index is -0.377. The van der Waals surface area contributed by atoms with Crippen LogP contribution in [0.4, 0.5) is 0 Å². The second kappa shape index (κ2) is 12.7. The predicted octanol–water partition coefficient (Wildman–Crippen LogP) is 7.69. The van der Waals surface area contributed by atoms with Gasteiger partial charge in [0.15, 0.2) is 5.78 Å². The zero-order chi connectivity index (χ0) is 23.8. The molecule has 3 rings (SSSR count). The Morgan fingerprint density at radius 2 is 1.64 bits per heavy atom. The van der Waals surface area contributed by atoms with E-state index >= 15 is 0 Å². The monoisotopic (exact) mass is 625 g/mol. The molecule has 1 heterocycles. The molecule has 0 bridgehead atoms. The van der Waals surface area contributed by atoms with Gasteiger partial charge in [0.1, 0.15) is 5.76 Å². The van der Waals surface area contributed by atoms with Gasteiger partial charge in [-0.05, 0) is 30.4 Å². The maximum atomic E-state index is 11.8. The molecule has 2 aromatic carbocycles. The first-order chi connectivity index (χ1) is 15.1. The second-order valence-corrected chi connectivity index (χ2v) is 9.03. The molecule has 5 heteroatoms. The minimum absolute atomic E-state index is 0. The number of allylic oxidation sites excluding steroid dienone is 2. The summed E-state index contributed by atoms with van der Waals surface area (Å²) in [4.78, 5) is 16.1. The van der Waals surface area contributed by atoms with Gasteiger partial charge in [-0.3, -0.25) is 4.79 Å². The van der Waals surface area contributed by atoms with Gasteiger partial charge in [-0.2, -0.15) is 18.2 Å². The van der Waals surface area contributed by atoms with Crippen molar-refractivity contribution in [3.63, 3.8) is 0 Å². The molecule has 1 aromatic heterocycles. The Labute approximate surface area is 211 Å². The predicted molar refractivity (Wildman–Crippen MR) is 131 cm³/mol. The van der Waals surface area contributed by atoms with Gasteiger partial charge in [0.25, 0.3) is 0 Å². The fourth-order valence-corrected chi connectivity index (χ4v) is 2.59. The number of benzene rings is 2. The van der Waals surface area contributed by atoms with E-state index in [1.165, 1.54) is 6.08 Å². The third-order valence-corrected chi connectivity index (χ3v) is 5.92. The van der Waals surface area contributed by atoms with E-state index in [-0.39, 0.29) is 42.5 Å². The van der Waals surface area contributed by atoms with Gasteiger partial charge in [-0.25, -0.2) is 4.98 Å². The van der Waals surface area contributed by atoms with Gasteiger partial charge in [0.2, 0.25) is 5.88 Å². The van der Waals surface area contributed by atoms with Crippen LogP contribution in [0.5, 0.6) is 11.6 Å². The van der Waals surface area contributed by atoms with Gasteiger partial charge in [-0.15, -0.1) is 12.1 Å². The van der Waals surface area contributed by atoms with Crippen molar-refractivity contribution >= 4 is 16.6 Å². The molecule has 1 N–H and O–H groups in total. The topological polar surface area (TPSA) is 59.4 Å². The van der Waals surface area contributed by atoms with E-state index in [2.05, 4.69) is 11.1 Å². The molecule has 4 nitrogen and oxygen atoms in total. The smallest absolute Gasteiger partial charge is 0.224 e. The van der Waals surface area contributed by atoms with Crippen molar-refractivity contribution < 1.29 is 34.7 Å². The van der Waals surface area contributed by atoms with Crippen LogP contribution >= 0.6 is 0 Å². The molecular formula is C28H34IrNO3-. The van der Waals surface area contributed by atoms with E-state index in [0.29, 0.717) is 11.6 Å². The van der Waals surface area contributed by atoms with Crippen LogP contribution in [-0.4, -0.2) is 15.9 Å². The third-order valence-electron chi connectivity index (χ3n) is 5.92. The Kier molecular flexibility index (Phi) is 11.0. The second-order valence-electron chi connectivity index (χ2n) is 9.03. The van der Waals surface area contributed by atoms with Gasteiger partial charge in [-0.1, -0.05) is 59.7 Å². The number of aliphatic hydroxyl groups is 1. The quantitative estimate of drug-likeness (QED) is 0.166. The van der Waals surface area contributed by atoms with E-state index in [9.17, 15) is 9.90 Å². The third kappa shape index (κ3) is 8.10. The fourth-order valence-electron chi connectivity index (χ4n) is 2.59. The summed E-state index contributed by atoms with van der Waals surface area (Å²) in [6, 6.07) is 20.5. The van der Waals surface area contributed by atoms with Crippen LogP contribution in [-0.2, 0) is 24.9 Å². The largest absolute Gasteiger partial charge is 0.512 e. The number of aromatic nitrogens is 1. The number of ketones is 1. The Morgan fingerprint density at radius 1 is 1.00 bits per heavy atom. The Balaban J connectivity index is 0.000000324. The molecule has 0 aliphatic rings. The number of para-hydroxylation sites is 1. The van der Waals surface area contributed by atoms with Gasteiger partial charge >= 0.3 is 0 Å². The summed E-state index contributed by atoms with van der Waals surface area (Å²) in [6.45, 7) is 11.7. The molecule has 179 valence electrons.